The summed E-state index contributed by atoms with van der Waals surface area (Å²) >= 11 is 0. The molecular weight excluding hydrogens is 292 g/mol. The van der Waals surface area contributed by atoms with Gasteiger partial charge in [-0.3, -0.25) is 9.78 Å². The first-order valence-electron chi connectivity index (χ1n) is 6.97. The zero-order chi connectivity index (χ0) is 15.1. The lowest BCUT2D eigenvalue weighted by molar-refractivity contribution is -0.143. The maximum absolute atomic E-state index is 11.8. The normalized spacial score (nSPS) is 22.6. The molecule has 6 nitrogen and oxygen atoms in total. The zero-order valence-corrected chi connectivity index (χ0v) is 12.7. The molecule has 2 fully saturated rings. The second kappa shape index (κ2) is 4.98. The molecule has 2 heterocycles. The highest BCUT2D eigenvalue weighted by atomic mass is 32.2. The van der Waals surface area contributed by atoms with E-state index in [-0.39, 0.29) is 17.5 Å². The maximum atomic E-state index is 11.8. The van der Waals surface area contributed by atoms with Crippen molar-refractivity contribution in [2.75, 3.05) is 36.6 Å². The summed E-state index contributed by atoms with van der Waals surface area (Å²) in [6.07, 6.45) is 3.26. The SMILES string of the molecule is COC(=O)C1(c2ccc(N3CCS(=O)(=O)CC3)cn2)CC1. The van der Waals surface area contributed by atoms with Crippen LogP contribution in [0.4, 0.5) is 5.69 Å². The Kier molecular flexibility index (Phi) is 3.39. The fourth-order valence-corrected chi connectivity index (χ4v) is 3.91. The number of hydrogen-bond donors (Lipinski definition) is 0. The molecule has 0 radical (unpaired) electrons. The lowest BCUT2D eigenvalue weighted by atomic mass is 10.0. The quantitative estimate of drug-likeness (QED) is 0.758. The van der Waals surface area contributed by atoms with Gasteiger partial charge in [-0.15, -0.1) is 0 Å². The topological polar surface area (TPSA) is 76.6 Å². The number of carbonyl (C=O) groups is 1. The predicted molar refractivity (Wildman–Crippen MR) is 78.0 cm³/mol. The number of ether oxygens (including phenoxy) is 1. The van der Waals surface area contributed by atoms with Gasteiger partial charge in [0.15, 0.2) is 9.84 Å². The summed E-state index contributed by atoms with van der Waals surface area (Å²) in [6.45, 7) is 0.983. The Morgan fingerprint density at radius 2 is 1.95 bits per heavy atom. The van der Waals surface area contributed by atoms with E-state index in [1.807, 2.05) is 17.0 Å². The summed E-state index contributed by atoms with van der Waals surface area (Å²) in [6, 6.07) is 3.76. The number of esters is 1. The van der Waals surface area contributed by atoms with Crippen LogP contribution in [0.5, 0.6) is 0 Å². The number of rotatable bonds is 3. The molecule has 1 aromatic heterocycles. The van der Waals surface area contributed by atoms with Crippen molar-refractivity contribution in [2.45, 2.75) is 18.3 Å². The molecule has 21 heavy (non-hydrogen) atoms. The van der Waals surface area contributed by atoms with Crippen LogP contribution >= 0.6 is 0 Å². The van der Waals surface area contributed by atoms with Crippen molar-refractivity contribution in [3.63, 3.8) is 0 Å². The summed E-state index contributed by atoms with van der Waals surface area (Å²) < 4.78 is 27.7. The smallest absolute Gasteiger partial charge is 0.317 e. The van der Waals surface area contributed by atoms with E-state index in [0.29, 0.717) is 13.1 Å². The van der Waals surface area contributed by atoms with Gasteiger partial charge in [0.05, 0.1) is 36.2 Å². The lowest BCUT2D eigenvalue weighted by Crippen LogP contribution is -2.40. The van der Waals surface area contributed by atoms with Gasteiger partial charge in [-0.2, -0.15) is 0 Å². The van der Waals surface area contributed by atoms with E-state index >= 15 is 0 Å². The molecule has 1 aromatic rings. The van der Waals surface area contributed by atoms with Crippen molar-refractivity contribution in [2.24, 2.45) is 0 Å². The van der Waals surface area contributed by atoms with E-state index in [9.17, 15) is 13.2 Å². The van der Waals surface area contributed by atoms with Crippen molar-refractivity contribution >= 4 is 21.5 Å². The Bertz CT molecular complexity index is 636. The van der Waals surface area contributed by atoms with Crippen LogP contribution in [0.3, 0.4) is 0 Å². The third kappa shape index (κ3) is 2.62. The first kappa shape index (κ1) is 14.3. The van der Waals surface area contributed by atoms with Gasteiger partial charge < -0.3 is 9.64 Å². The van der Waals surface area contributed by atoms with Gasteiger partial charge in [0.2, 0.25) is 0 Å². The molecule has 7 heteroatoms. The number of hydrogen-bond acceptors (Lipinski definition) is 6. The molecule has 1 aliphatic heterocycles. The van der Waals surface area contributed by atoms with Gasteiger partial charge in [-0.25, -0.2) is 8.42 Å². The van der Waals surface area contributed by atoms with Crippen LogP contribution in [0.1, 0.15) is 18.5 Å². The first-order chi connectivity index (χ1) is 9.97. The molecular formula is C14H18N2O4S. The van der Waals surface area contributed by atoms with Crippen LogP contribution in [-0.2, 0) is 24.8 Å². The fourth-order valence-electron chi connectivity index (χ4n) is 2.71. The molecule has 0 bridgehead atoms. The fraction of sp³-hybridized carbons (Fsp3) is 0.571. The number of anilines is 1. The molecule has 0 spiro atoms. The molecule has 0 N–H and O–H groups in total. The highest BCUT2D eigenvalue weighted by molar-refractivity contribution is 7.91. The Morgan fingerprint density at radius 3 is 2.43 bits per heavy atom. The minimum absolute atomic E-state index is 0.181. The minimum atomic E-state index is -2.88. The number of aromatic nitrogens is 1. The van der Waals surface area contributed by atoms with Gasteiger partial charge in [0.1, 0.15) is 5.41 Å². The van der Waals surface area contributed by atoms with E-state index in [1.54, 1.807) is 6.20 Å². The average Bonchev–Trinajstić information content (AvgIpc) is 3.28. The first-order valence-corrected chi connectivity index (χ1v) is 8.79. The number of carbonyl (C=O) groups excluding carboxylic acids is 1. The highest BCUT2D eigenvalue weighted by Crippen LogP contribution is 2.48. The van der Waals surface area contributed by atoms with Crippen molar-refractivity contribution in [3.05, 3.63) is 24.0 Å². The standard InChI is InChI=1S/C14H18N2O4S/c1-20-13(17)14(4-5-14)12-3-2-11(10-15-12)16-6-8-21(18,19)9-7-16/h2-3,10H,4-9H2,1H3. The lowest BCUT2D eigenvalue weighted by Gasteiger charge is -2.28. The minimum Gasteiger partial charge on any atom is -0.468 e. The third-order valence-electron chi connectivity index (χ3n) is 4.27. The van der Waals surface area contributed by atoms with Crippen molar-refractivity contribution in [1.82, 2.24) is 4.98 Å². The van der Waals surface area contributed by atoms with Gasteiger partial charge >= 0.3 is 5.97 Å². The maximum Gasteiger partial charge on any atom is 0.317 e. The molecule has 0 aromatic carbocycles. The van der Waals surface area contributed by atoms with Crippen LogP contribution in [0.2, 0.25) is 0 Å². The molecule has 0 atom stereocenters. The number of sulfone groups is 1. The van der Waals surface area contributed by atoms with Crippen LogP contribution in [0.25, 0.3) is 0 Å². The third-order valence-corrected chi connectivity index (χ3v) is 5.88. The van der Waals surface area contributed by atoms with E-state index < -0.39 is 15.3 Å². The van der Waals surface area contributed by atoms with Crippen LogP contribution in [-0.4, -0.2) is 51.1 Å². The van der Waals surface area contributed by atoms with Gasteiger partial charge in [0.25, 0.3) is 0 Å². The highest BCUT2D eigenvalue weighted by Gasteiger charge is 2.53. The second-order valence-electron chi connectivity index (χ2n) is 5.61. The summed E-state index contributed by atoms with van der Waals surface area (Å²) in [4.78, 5) is 18.2. The summed E-state index contributed by atoms with van der Waals surface area (Å²) in [5, 5.41) is 0. The monoisotopic (exact) mass is 310 g/mol. The van der Waals surface area contributed by atoms with E-state index in [2.05, 4.69) is 4.98 Å². The summed E-state index contributed by atoms with van der Waals surface area (Å²) in [5.41, 5.74) is 1.08. The Labute approximate surface area is 124 Å². The molecule has 2 aliphatic rings. The molecule has 1 saturated carbocycles. The summed E-state index contributed by atoms with van der Waals surface area (Å²) in [5.74, 6) is 0.133. The van der Waals surface area contributed by atoms with Crippen molar-refractivity contribution in [1.29, 1.82) is 0 Å². The Morgan fingerprint density at radius 1 is 1.29 bits per heavy atom. The molecule has 3 rings (SSSR count). The molecule has 0 amide bonds. The van der Waals surface area contributed by atoms with Crippen LogP contribution in [0, 0.1) is 0 Å². The second-order valence-corrected chi connectivity index (χ2v) is 7.92. The van der Waals surface area contributed by atoms with Gasteiger partial charge in [-0.05, 0) is 25.0 Å². The van der Waals surface area contributed by atoms with Gasteiger partial charge in [0, 0.05) is 13.1 Å². The molecule has 1 aliphatic carbocycles. The Hall–Kier alpha value is -1.63. The van der Waals surface area contributed by atoms with Crippen molar-refractivity contribution in [3.8, 4) is 0 Å². The van der Waals surface area contributed by atoms with E-state index in [0.717, 1.165) is 24.2 Å². The van der Waals surface area contributed by atoms with Crippen molar-refractivity contribution < 1.29 is 17.9 Å². The van der Waals surface area contributed by atoms with Crippen LogP contribution < -0.4 is 4.90 Å². The summed E-state index contributed by atoms with van der Waals surface area (Å²) in [7, 11) is -1.49. The average molecular weight is 310 g/mol. The molecule has 1 saturated heterocycles. The van der Waals surface area contributed by atoms with Gasteiger partial charge in [-0.1, -0.05) is 0 Å². The number of nitrogens with zero attached hydrogens (tertiary/aromatic N) is 2. The van der Waals surface area contributed by atoms with E-state index in [4.69, 9.17) is 4.74 Å². The number of pyridine rings is 1. The molecule has 114 valence electrons. The largest absolute Gasteiger partial charge is 0.468 e. The molecule has 0 unspecified atom stereocenters. The predicted octanol–water partition coefficient (Wildman–Crippen LogP) is 0.521. The van der Waals surface area contributed by atoms with Crippen LogP contribution in [0.15, 0.2) is 18.3 Å². The van der Waals surface area contributed by atoms with E-state index in [1.165, 1.54) is 7.11 Å². The Balaban J connectivity index is 1.75. The zero-order valence-electron chi connectivity index (χ0n) is 11.9. The number of methoxy groups -OCH3 is 1.